The molecule has 46 heavy (non-hydrogen) atoms. The van der Waals surface area contributed by atoms with E-state index in [-0.39, 0.29) is 64.8 Å². The van der Waals surface area contributed by atoms with E-state index in [1.165, 1.54) is 13.8 Å². The van der Waals surface area contributed by atoms with Crippen LogP contribution in [0.15, 0.2) is 0 Å². The molecule has 0 aliphatic carbocycles. The van der Waals surface area contributed by atoms with Crippen LogP contribution in [0.1, 0.15) is 52.9 Å². The minimum absolute atomic E-state index is 0.00100. The smallest absolute Gasteiger partial charge is 0.245 e. The lowest BCUT2D eigenvalue weighted by atomic mass is 10.1. The molecule has 0 heterocycles. The molecule has 0 aromatic heterocycles. The number of aliphatic hydroxyl groups excluding tert-OH is 2. The highest BCUT2D eigenvalue weighted by Crippen LogP contribution is 2.01. The second kappa shape index (κ2) is 23.4. The summed E-state index contributed by atoms with van der Waals surface area (Å²) in [6.45, 7) is 4.16. The van der Waals surface area contributed by atoms with Gasteiger partial charge in [0.05, 0.1) is 24.8 Å². The van der Waals surface area contributed by atoms with Crippen LogP contribution >= 0.6 is 0 Å². The molecule has 0 fully saturated rings. The van der Waals surface area contributed by atoms with Crippen molar-refractivity contribution in [1.29, 1.82) is 0 Å². The molecule has 19 nitrogen and oxygen atoms in total. The topological polar surface area (TPSA) is 322 Å². The van der Waals surface area contributed by atoms with Gasteiger partial charge < -0.3 is 64.6 Å². The van der Waals surface area contributed by atoms with Gasteiger partial charge in [0.15, 0.2) is 0 Å². The molecule has 7 unspecified atom stereocenters. The first kappa shape index (κ1) is 42.1. The van der Waals surface area contributed by atoms with E-state index >= 15 is 0 Å². The van der Waals surface area contributed by atoms with E-state index in [2.05, 4.69) is 37.2 Å². The highest BCUT2D eigenvalue weighted by molar-refractivity contribution is 5.94. The normalized spacial score (nSPS) is 15.4. The van der Waals surface area contributed by atoms with Crippen LogP contribution < -0.4 is 54.4 Å². The van der Waals surface area contributed by atoms with Crippen molar-refractivity contribution in [3.05, 3.63) is 0 Å². The molecule has 0 radical (unpaired) electrons. The van der Waals surface area contributed by atoms with Crippen LogP contribution in [0.5, 0.6) is 0 Å². The Morgan fingerprint density at radius 3 is 1.72 bits per heavy atom. The van der Waals surface area contributed by atoms with Gasteiger partial charge >= 0.3 is 0 Å². The Hall–Kier alpha value is -3.91. The van der Waals surface area contributed by atoms with Gasteiger partial charge in [0.1, 0.15) is 24.2 Å². The molecule has 15 N–H and O–H groups in total. The molecule has 0 aliphatic rings. The Kier molecular flexibility index (Phi) is 21.4. The molecule has 0 saturated heterocycles. The Balaban J connectivity index is 4.96. The number of rotatable bonds is 24. The van der Waals surface area contributed by atoms with Gasteiger partial charge in [-0.2, -0.15) is 0 Å². The zero-order valence-corrected chi connectivity index (χ0v) is 26.7. The molecule has 0 rings (SSSR count). The van der Waals surface area contributed by atoms with E-state index in [9.17, 15) is 43.8 Å². The number of nitrogens with two attached hydrogens (primary N) is 3. The minimum Gasteiger partial charge on any atom is -0.391 e. The van der Waals surface area contributed by atoms with Crippen LogP contribution in [0.2, 0.25) is 0 Å². The Morgan fingerprint density at radius 2 is 1.20 bits per heavy atom. The lowest BCUT2D eigenvalue weighted by Crippen LogP contribution is -2.59. The molecular weight excluding hydrogens is 608 g/mol. The van der Waals surface area contributed by atoms with E-state index in [0.717, 1.165) is 0 Å². The van der Waals surface area contributed by atoms with Gasteiger partial charge in [-0.1, -0.05) is 0 Å². The zero-order chi connectivity index (χ0) is 35.2. The maximum Gasteiger partial charge on any atom is 0.245 e. The van der Waals surface area contributed by atoms with Crippen molar-refractivity contribution < 1.29 is 43.8 Å². The monoisotopic (exact) mass is 660 g/mol. The molecule has 264 valence electrons. The van der Waals surface area contributed by atoms with Crippen molar-refractivity contribution >= 4 is 41.9 Å². The van der Waals surface area contributed by atoms with Gasteiger partial charge in [0.25, 0.3) is 0 Å². The quantitative estimate of drug-likeness (QED) is 0.0340. The second-order valence-corrected chi connectivity index (χ2v) is 10.7. The van der Waals surface area contributed by atoms with E-state index in [4.69, 9.17) is 17.2 Å². The summed E-state index contributed by atoms with van der Waals surface area (Å²) >= 11 is 0. The van der Waals surface area contributed by atoms with Crippen LogP contribution in [0.3, 0.4) is 0 Å². The highest BCUT2D eigenvalue weighted by atomic mass is 16.3. The van der Waals surface area contributed by atoms with Gasteiger partial charge in [-0.3, -0.25) is 33.6 Å². The van der Waals surface area contributed by atoms with Crippen LogP contribution in [-0.2, 0) is 33.6 Å². The van der Waals surface area contributed by atoms with Crippen LogP contribution in [-0.4, -0.2) is 127 Å². The van der Waals surface area contributed by atoms with Gasteiger partial charge in [0.2, 0.25) is 41.9 Å². The fourth-order valence-corrected chi connectivity index (χ4v) is 3.89. The van der Waals surface area contributed by atoms with Crippen molar-refractivity contribution in [2.24, 2.45) is 17.2 Å². The van der Waals surface area contributed by atoms with Crippen LogP contribution in [0.4, 0.5) is 0 Å². The summed E-state index contributed by atoms with van der Waals surface area (Å²) in [6.07, 6.45) is -1.55. The van der Waals surface area contributed by atoms with Gasteiger partial charge in [0, 0.05) is 13.0 Å². The van der Waals surface area contributed by atoms with E-state index in [1.54, 1.807) is 6.92 Å². The molecular formula is C27H52N10O9. The molecule has 0 spiro atoms. The second-order valence-electron chi connectivity index (χ2n) is 10.7. The van der Waals surface area contributed by atoms with Crippen molar-refractivity contribution in [2.75, 3.05) is 32.7 Å². The minimum atomic E-state index is -1.41. The lowest BCUT2D eigenvalue weighted by molar-refractivity contribution is -0.134. The SMILES string of the molecule is CC(O)C(C)NC(=O)CNC(=O)C(CCN)NC(=O)CCCNC(=O)C(NC(=O)C(CCN)NC(=O)C(CCN)NC=O)C(C)O. The van der Waals surface area contributed by atoms with E-state index in [0.29, 0.717) is 6.41 Å². The van der Waals surface area contributed by atoms with Crippen molar-refractivity contribution in [3.63, 3.8) is 0 Å². The first-order valence-electron chi connectivity index (χ1n) is 15.1. The summed E-state index contributed by atoms with van der Waals surface area (Å²) in [4.78, 5) is 85.9. The zero-order valence-electron chi connectivity index (χ0n) is 26.7. The number of amides is 7. The fraction of sp³-hybridized carbons (Fsp3) is 0.741. The predicted molar refractivity (Wildman–Crippen MR) is 166 cm³/mol. The molecule has 0 aliphatic heterocycles. The summed E-state index contributed by atoms with van der Waals surface area (Å²) in [5.74, 6) is -3.90. The summed E-state index contributed by atoms with van der Waals surface area (Å²) < 4.78 is 0. The standard InChI is InChI=1S/C27H52N10O9/c1-15(16(2)39)34-22(42)13-32-24(43)19(7-10-29)35-21(41)5-4-12-31-27(46)23(17(3)40)37-26(45)20(8-11-30)36-25(44)18(6-9-28)33-14-38/h14-20,23,39-40H,4-13,28-30H2,1-3H3,(H,31,46)(H,32,43)(H,33,38)(H,34,42)(H,35,41)(H,36,44)(H,37,45). The average molecular weight is 661 g/mol. The van der Waals surface area contributed by atoms with E-state index in [1.807, 2.05) is 0 Å². The third-order valence-electron chi connectivity index (χ3n) is 6.71. The highest BCUT2D eigenvalue weighted by Gasteiger charge is 2.30. The average Bonchev–Trinajstić information content (AvgIpc) is 2.99. The largest absolute Gasteiger partial charge is 0.391 e. The molecule has 7 atom stereocenters. The third-order valence-corrected chi connectivity index (χ3v) is 6.71. The molecule has 0 aromatic carbocycles. The Bertz CT molecular complexity index is 999. The number of carbonyl (C=O) groups excluding carboxylic acids is 7. The van der Waals surface area contributed by atoms with Gasteiger partial charge in [-0.25, -0.2) is 0 Å². The molecule has 0 aromatic rings. The number of nitrogens with one attached hydrogen (secondary N) is 7. The third kappa shape index (κ3) is 17.0. The number of hydrogen-bond acceptors (Lipinski definition) is 12. The molecule has 0 bridgehead atoms. The van der Waals surface area contributed by atoms with Crippen molar-refractivity contribution in [3.8, 4) is 0 Å². The first-order valence-corrected chi connectivity index (χ1v) is 15.1. The number of hydrogen-bond donors (Lipinski definition) is 12. The summed E-state index contributed by atoms with van der Waals surface area (Å²) in [5, 5.41) is 36.7. The maximum atomic E-state index is 12.9. The van der Waals surface area contributed by atoms with Crippen molar-refractivity contribution in [1.82, 2.24) is 37.2 Å². The van der Waals surface area contributed by atoms with Crippen LogP contribution in [0, 0.1) is 0 Å². The fourth-order valence-electron chi connectivity index (χ4n) is 3.89. The van der Waals surface area contributed by atoms with Gasteiger partial charge in [-0.05, 0) is 66.1 Å². The number of aliphatic hydroxyl groups is 2. The molecule has 0 saturated carbocycles. The molecule has 7 amide bonds. The number of carbonyl (C=O) groups is 7. The van der Waals surface area contributed by atoms with Crippen molar-refractivity contribution in [2.45, 2.75) is 95.3 Å². The predicted octanol–water partition coefficient (Wildman–Crippen LogP) is -6.12. The Labute approximate surface area is 268 Å². The summed E-state index contributed by atoms with van der Waals surface area (Å²) in [6, 6.07) is -5.11. The lowest BCUT2D eigenvalue weighted by Gasteiger charge is -2.25. The maximum absolute atomic E-state index is 12.9. The van der Waals surface area contributed by atoms with Crippen LogP contribution in [0.25, 0.3) is 0 Å². The first-order chi connectivity index (χ1) is 21.7. The molecule has 19 heteroatoms. The summed E-state index contributed by atoms with van der Waals surface area (Å²) in [5.41, 5.74) is 16.6. The van der Waals surface area contributed by atoms with Gasteiger partial charge in [-0.15, -0.1) is 0 Å². The summed E-state index contributed by atoms with van der Waals surface area (Å²) in [7, 11) is 0. The Morgan fingerprint density at radius 1 is 0.652 bits per heavy atom. The van der Waals surface area contributed by atoms with E-state index < -0.39 is 77.9 Å².